The maximum atomic E-state index is 3.95. The fraction of sp³-hybridized carbons (Fsp3) is 0.600. The molecule has 4 nitrogen and oxygen atoms in total. The molecule has 54 valence electrons. The van der Waals surface area contributed by atoms with E-state index in [4.69, 9.17) is 0 Å². The minimum Gasteiger partial charge on any atom is -0.333 e. The molecule has 0 aliphatic carbocycles. The number of nitrogens with one attached hydrogen (secondary N) is 1. The quantitative estimate of drug-likeness (QED) is 0.616. The molecule has 0 bridgehead atoms. The van der Waals surface area contributed by atoms with Crippen LogP contribution in [0.25, 0.3) is 0 Å². The fourth-order valence-electron chi connectivity index (χ4n) is 0.975. The molecule has 1 fully saturated rings. The molecule has 1 N–H and O–H groups in total. The number of rotatable bonds is 1. The first-order valence-electron chi connectivity index (χ1n) is 3.18. The topological polar surface area (TPSA) is 41.1 Å². The van der Waals surface area contributed by atoms with Gasteiger partial charge in [0.15, 0.2) is 0 Å². The van der Waals surface area contributed by atoms with Crippen LogP contribution in [0.5, 0.6) is 0 Å². The maximum absolute atomic E-state index is 3.95. The second kappa shape index (κ2) is 2.51. The molecular weight excluding hydrogens is 148 g/mol. The lowest BCUT2D eigenvalue weighted by molar-refractivity contribution is 0.849. The molecule has 2 rings (SSSR count). The van der Waals surface area contributed by atoms with Crippen molar-refractivity contribution in [1.82, 2.24) is 15.5 Å². The van der Waals surface area contributed by atoms with Gasteiger partial charge < -0.3 is 4.90 Å². The second-order valence-corrected chi connectivity index (χ2v) is 2.95. The van der Waals surface area contributed by atoms with Crippen molar-refractivity contribution in [3.8, 4) is 0 Å². The summed E-state index contributed by atoms with van der Waals surface area (Å²) in [5, 5.41) is 12.0. The molecule has 1 aromatic heterocycles. The van der Waals surface area contributed by atoms with E-state index in [-0.39, 0.29) is 0 Å². The number of hydrogen-bond acceptors (Lipinski definition) is 5. The lowest BCUT2D eigenvalue weighted by atomic mass is 10.6. The lowest BCUT2D eigenvalue weighted by Gasteiger charge is -2.09. The first kappa shape index (κ1) is 6.06. The van der Waals surface area contributed by atoms with Crippen molar-refractivity contribution >= 4 is 16.5 Å². The predicted molar refractivity (Wildman–Crippen MR) is 40.1 cm³/mol. The van der Waals surface area contributed by atoms with Crippen molar-refractivity contribution in [1.29, 1.82) is 0 Å². The lowest BCUT2D eigenvalue weighted by Crippen LogP contribution is -2.20. The Morgan fingerprint density at radius 3 is 3.30 bits per heavy atom. The van der Waals surface area contributed by atoms with Crippen LogP contribution in [0.3, 0.4) is 0 Å². The van der Waals surface area contributed by atoms with Crippen LogP contribution in [-0.2, 0) is 0 Å². The summed E-state index contributed by atoms with van der Waals surface area (Å²) < 4.78 is 0. The first-order chi connectivity index (χ1) is 4.97. The molecule has 1 aromatic rings. The van der Waals surface area contributed by atoms with Gasteiger partial charge in [-0.15, -0.1) is 10.2 Å². The third-order valence-corrected chi connectivity index (χ3v) is 2.23. The summed E-state index contributed by atoms with van der Waals surface area (Å²) in [4.78, 5) is 2.18. The number of nitrogens with zero attached hydrogens (tertiary/aromatic N) is 3. The van der Waals surface area contributed by atoms with Gasteiger partial charge in [0, 0.05) is 13.1 Å². The average Bonchev–Trinajstić information content (AvgIpc) is 2.59. The van der Waals surface area contributed by atoms with E-state index in [1.54, 1.807) is 16.8 Å². The van der Waals surface area contributed by atoms with Crippen LogP contribution in [0, 0.1) is 0 Å². The van der Waals surface area contributed by atoms with E-state index in [0.717, 1.165) is 24.9 Å². The molecule has 0 amide bonds. The number of hydrogen-bond donors (Lipinski definition) is 1. The van der Waals surface area contributed by atoms with Crippen LogP contribution >= 0.6 is 11.3 Å². The standard InChI is InChI=1S/C5H8N4S/c1-2-9(3-6-1)5-8-7-4-10-5/h4,6H,1-3H2. The molecule has 0 spiro atoms. The number of aromatic nitrogens is 2. The van der Waals surface area contributed by atoms with Gasteiger partial charge in [-0.1, -0.05) is 11.3 Å². The molecule has 5 heteroatoms. The van der Waals surface area contributed by atoms with Gasteiger partial charge in [0.05, 0.1) is 6.67 Å². The largest absolute Gasteiger partial charge is 0.333 e. The van der Waals surface area contributed by atoms with Crippen molar-refractivity contribution in [2.75, 3.05) is 24.7 Å². The van der Waals surface area contributed by atoms with Crippen molar-refractivity contribution in [3.05, 3.63) is 5.51 Å². The van der Waals surface area contributed by atoms with E-state index in [0.29, 0.717) is 0 Å². The van der Waals surface area contributed by atoms with Gasteiger partial charge in [0.1, 0.15) is 5.51 Å². The van der Waals surface area contributed by atoms with E-state index in [9.17, 15) is 0 Å². The Kier molecular flexibility index (Phi) is 1.52. The molecule has 0 saturated carbocycles. The summed E-state index contributed by atoms with van der Waals surface area (Å²) in [5.41, 5.74) is 1.76. The van der Waals surface area contributed by atoms with Crippen LogP contribution in [0.2, 0.25) is 0 Å². The van der Waals surface area contributed by atoms with Gasteiger partial charge >= 0.3 is 0 Å². The molecule has 0 radical (unpaired) electrons. The molecule has 0 atom stereocenters. The Hall–Kier alpha value is -0.680. The third-order valence-electron chi connectivity index (χ3n) is 1.48. The molecule has 10 heavy (non-hydrogen) atoms. The molecule has 0 unspecified atom stereocenters. The highest BCUT2D eigenvalue weighted by Gasteiger charge is 2.13. The monoisotopic (exact) mass is 156 g/mol. The van der Waals surface area contributed by atoms with Crippen LogP contribution < -0.4 is 10.2 Å². The van der Waals surface area contributed by atoms with Gasteiger partial charge in [-0.25, -0.2) is 0 Å². The molecule has 1 saturated heterocycles. The van der Waals surface area contributed by atoms with Gasteiger partial charge in [-0.05, 0) is 0 Å². The van der Waals surface area contributed by atoms with Crippen molar-refractivity contribution in [2.45, 2.75) is 0 Å². The smallest absolute Gasteiger partial charge is 0.209 e. The van der Waals surface area contributed by atoms with Crippen LogP contribution in [-0.4, -0.2) is 30.0 Å². The Labute approximate surface area is 62.9 Å². The molecule has 2 heterocycles. The van der Waals surface area contributed by atoms with E-state index < -0.39 is 0 Å². The normalized spacial score (nSPS) is 18.2. The van der Waals surface area contributed by atoms with E-state index >= 15 is 0 Å². The Morgan fingerprint density at radius 1 is 1.70 bits per heavy atom. The van der Waals surface area contributed by atoms with Gasteiger partial charge in [-0.2, -0.15) is 0 Å². The van der Waals surface area contributed by atoms with Gasteiger partial charge in [0.2, 0.25) is 5.13 Å². The Balaban J connectivity index is 2.12. The van der Waals surface area contributed by atoms with E-state index in [2.05, 4.69) is 20.4 Å². The summed E-state index contributed by atoms with van der Waals surface area (Å²) in [7, 11) is 0. The van der Waals surface area contributed by atoms with Gasteiger partial charge in [0.25, 0.3) is 0 Å². The van der Waals surface area contributed by atoms with E-state index in [1.165, 1.54) is 0 Å². The molecule has 1 aliphatic heterocycles. The van der Waals surface area contributed by atoms with Crippen LogP contribution in [0.4, 0.5) is 5.13 Å². The van der Waals surface area contributed by atoms with Crippen molar-refractivity contribution in [3.63, 3.8) is 0 Å². The summed E-state index contributed by atoms with van der Waals surface area (Å²) in [5.74, 6) is 0. The summed E-state index contributed by atoms with van der Waals surface area (Å²) in [6.45, 7) is 3.02. The second-order valence-electron chi connectivity index (χ2n) is 2.14. The summed E-state index contributed by atoms with van der Waals surface area (Å²) >= 11 is 1.58. The van der Waals surface area contributed by atoms with Crippen LogP contribution in [0.15, 0.2) is 5.51 Å². The highest BCUT2D eigenvalue weighted by molar-refractivity contribution is 7.13. The van der Waals surface area contributed by atoms with Gasteiger partial charge in [-0.3, -0.25) is 5.32 Å². The zero-order chi connectivity index (χ0) is 6.81. The first-order valence-corrected chi connectivity index (χ1v) is 4.06. The minimum absolute atomic E-state index is 0.912. The SMILES string of the molecule is c1nnc(N2CCNC2)s1. The number of anilines is 1. The fourth-order valence-corrected chi connectivity index (χ4v) is 1.56. The van der Waals surface area contributed by atoms with Crippen molar-refractivity contribution in [2.24, 2.45) is 0 Å². The predicted octanol–water partition coefficient (Wildman–Crippen LogP) is -0.0948. The minimum atomic E-state index is 0.912. The van der Waals surface area contributed by atoms with Crippen LogP contribution in [0.1, 0.15) is 0 Å². The Morgan fingerprint density at radius 2 is 2.70 bits per heavy atom. The summed E-state index contributed by atoms with van der Waals surface area (Å²) in [6.07, 6.45) is 0. The molecule has 1 aliphatic rings. The maximum Gasteiger partial charge on any atom is 0.209 e. The zero-order valence-corrected chi connectivity index (χ0v) is 6.27. The molecular formula is C5H8N4S. The highest BCUT2D eigenvalue weighted by atomic mass is 32.1. The van der Waals surface area contributed by atoms with E-state index in [1.807, 2.05) is 0 Å². The average molecular weight is 156 g/mol. The zero-order valence-electron chi connectivity index (χ0n) is 5.45. The highest BCUT2D eigenvalue weighted by Crippen LogP contribution is 2.15. The van der Waals surface area contributed by atoms with Crippen molar-refractivity contribution < 1.29 is 0 Å². The Bertz CT molecular complexity index is 191. The summed E-state index contributed by atoms with van der Waals surface area (Å²) in [6, 6.07) is 0. The molecule has 0 aromatic carbocycles. The third kappa shape index (κ3) is 0.975.